The van der Waals surface area contributed by atoms with Gasteiger partial charge < -0.3 is 0 Å². The highest BCUT2D eigenvalue weighted by molar-refractivity contribution is 7.26. The van der Waals surface area contributed by atoms with E-state index in [1.165, 1.54) is 15.8 Å². The van der Waals surface area contributed by atoms with Crippen molar-refractivity contribution in [2.45, 2.75) is 0 Å². The first-order valence-corrected chi connectivity index (χ1v) is 15.6. The summed E-state index contributed by atoms with van der Waals surface area (Å²) in [7, 11) is 0. The van der Waals surface area contributed by atoms with Gasteiger partial charge in [-0.3, -0.25) is 0 Å². The SMILES string of the molecule is [C-]#[N+]c1cc(-c2nc(-c3ccc(-c4ccccc4)cc3)cc(-c3ccc(-c4ccccc4)cc3)n2)cc2sc3ccccc3c12. The number of hydrogen-bond acceptors (Lipinski definition) is 3. The van der Waals surface area contributed by atoms with Gasteiger partial charge in [0.05, 0.1) is 18.0 Å². The van der Waals surface area contributed by atoms with E-state index in [4.69, 9.17) is 16.5 Å². The molecule has 0 amide bonds. The van der Waals surface area contributed by atoms with Crippen molar-refractivity contribution in [1.29, 1.82) is 0 Å². The van der Waals surface area contributed by atoms with Crippen molar-refractivity contribution in [3.05, 3.63) is 163 Å². The molecule has 45 heavy (non-hydrogen) atoms. The van der Waals surface area contributed by atoms with Crippen LogP contribution in [-0.4, -0.2) is 9.97 Å². The van der Waals surface area contributed by atoms with E-state index in [0.29, 0.717) is 11.5 Å². The van der Waals surface area contributed by atoms with Crippen molar-refractivity contribution in [2.75, 3.05) is 0 Å². The fourth-order valence-electron chi connectivity index (χ4n) is 5.85. The molecule has 0 atom stereocenters. The summed E-state index contributed by atoms with van der Waals surface area (Å²) in [6, 6.07) is 52.2. The number of thiophene rings is 1. The Morgan fingerprint density at radius 1 is 0.444 bits per heavy atom. The van der Waals surface area contributed by atoms with Gasteiger partial charge in [-0.05, 0) is 51.9 Å². The topological polar surface area (TPSA) is 30.1 Å². The molecule has 0 saturated heterocycles. The van der Waals surface area contributed by atoms with Crippen molar-refractivity contribution < 1.29 is 0 Å². The van der Waals surface area contributed by atoms with E-state index in [1.54, 1.807) is 11.3 Å². The minimum atomic E-state index is 0.603. The molecule has 0 radical (unpaired) electrons. The Labute approximate surface area is 265 Å². The Kier molecular flexibility index (Phi) is 6.72. The third-order valence-corrected chi connectivity index (χ3v) is 9.26. The molecule has 0 aliphatic carbocycles. The number of fused-ring (bicyclic) bond motifs is 3. The lowest BCUT2D eigenvalue weighted by atomic mass is 10.0. The molecule has 0 N–H and O–H groups in total. The first-order chi connectivity index (χ1) is 22.2. The molecule has 6 aromatic carbocycles. The highest BCUT2D eigenvalue weighted by Gasteiger charge is 2.16. The summed E-state index contributed by atoms with van der Waals surface area (Å²) in [5.41, 5.74) is 9.81. The lowest BCUT2D eigenvalue weighted by Gasteiger charge is -2.11. The first-order valence-electron chi connectivity index (χ1n) is 14.8. The van der Waals surface area contributed by atoms with E-state index in [1.807, 2.05) is 30.3 Å². The Morgan fingerprint density at radius 3 is 1.49 bits per heavy atom. The molecular formula is C41H25N3S. The highest BCUT2D eigenvalue weighted by Crippen LogP contribution is 2.42. The third kappa shape index (κ3) is 5.06. The zero-order valence-corrected chi connectivity index (χ0v) is 25.0. The quantitative estimate of drug-likeness (QED) is 0.186. The molecule has 3 nitrogen and oxygen atoms in total. The van der Waals surface area contributed by atoms with Crippen LogP contribution >= 0.6 is 11.3 Å². The van der Waals surface area contributed by atoms with Crippen LogP contribution in [-0.2, 0) is 0 Å². The molecule has 2 heterocycles. The van der Waals surface area contributed by atoms with Gasteiger partial charge in [-0.15, -0.1) is 11.3 Å². The maximum absolute atomic E-state index is 8.02. The molecular weight excluding hydrogens is 567 g/mol. The highest BCUT2D eigenvalue weighted by atomic mass is 32.1. The first kappa shape index (κ1) is 26.7. The van der Waals surface area contributed by atoms with Gasteiger partial charge in [0.2, 0.25) is 0 Å². The van der Waals surface area contributed by atoms with Gasteiger partial charge in [0, 0.05) is 31.5 Å². The third-order valence-electron chi connectivity index (χ3n) is 8.14. The Bertz CT molecular complexity index is 2250. The summed E-state index contributed by atoms with van der Waals surface area (Å²) >= 11 is 1.70. The summed E-state index contributed by atoms with van der Waals surface area (Å²) < 4.78 is 2.23. The van der Waals surface area contributed by atoms with Crippen molar-refractivity contribution in [3.8, 4) is 56.2 Å². The van der Waals surface area contributed by atoms with Crippen LogP contribution < -0.4 is 0 Å². The van der Waals surface area contributed by atoms with Crippen molar-refractivity contribution >= 4 is 37.2 Å². The largest absolute Gasteiger partial charge is 0.237 e. The van der Waals surface area contributed by atoms with Gasteiger partial charge in [-0.2, -0.15) is 0 Å². The number of benzene rings is 6. The van der Waals surface area contributed by atoms with E-state index in [2.05, 4.69) is 126 Å². The van der Waals surface area contributed by atoms with Gasteiger partial charge in [-0.1, -0.05) is 127 Å². The van der Waals surface area contributed by atoms with Gasteiger partial charge in [-0.25, -0.2) is 14.8 Å². The standard InChI is InChI=1S/C41H25N3S/c1-42-37-24-33(25-39-40(37)34-14-8-9-15-38(34)45-39)41-43-35(31-20-16-29(17-21-31)27-10-4-2-5-11-27)26-36(44-41)32-22-18-30(19-23-32)28-12-6-3-7-13-28/h2-26H. The normalized spacial score (nSPS) is 11.1. The van der Waals surface area contributed by atoms with Crippen LogP contribution in [0.5, 0.6) is 0 Å². The van der Waals surface area contributed by atoms with Gasteiger partial charge in [0.25, 0.3) is 0 Å². The van der Waals surface area contributed by atoms with E-state index < -0.39 is 0 Å². The molecule has 0 spiro atoms. The zero-order valence-electron chi connectivity index (χ0n) is 24.2. The number of nitrogens with zero attached hydrogens (tertiary/aromatic N) is 3. The maximum atomic E-state index is 8.02. The molecule has 8 rings (SSSR count). The monoisotopic (exact) mass is 591 g/mol. The second-order valence-electron chi connectivity index (χ2n) is 10.9. The van der Waals surface area contributed by atoms with Crippen LogP contribution in [0, 0.1) is 6.57 Å². The molecule has 8 aromatic rings. The predicted octanol–water partition coefficient (Wildman–Crippen LogP) is 11.7. The summed E-state index contributed by atoms with van der Waals surface area (Å²) in [5, 5.41) is 2.11. The molecule has 0 saturated carbocycles. The minimum Gasteiger partial charge on any atom is -0.237 e. The Hall–Kier alpha value is -5.89. The summed E-state index contributed by atoms with van der Waals surface area (Å²) in [6.45, 7) is 8.02. The van der Waals surface area contributed by atoms with Crippen LogP contribution in [0.1, 0.15) is 0 Å². The van der Waals surface area contributed by atoms with E-state index in [0.717, 1.165) is 54.7 Å². The van der Waals surface area contributed by atoms with Gasteiger partial charge >= 0.3 is 0 Å². The van der Waals surface area contributed by atoms with Crippen molar-refractivity contribution in [3.63, 3.8) is 0 Å². The molecule has 0 bridgehead atoms. The second kappa shape index (κ2) is 11.3. The molecule has 0 fully saturated rings. The van der Waals surface area contributed by atoms with E-state index >= 15 is 0 Å². The number of hydrogen-bond donors (Lipinski definition) is 0. The number of rotatable bonds is 5. The van der Waals surface area contributed by atoms with Crippen LogP contribution in [0.25, 0.3) is 81.2 Å². The lowest BCUT2D eigenvalue weighted by Crippen LogP contribution is -1.96. The van der Waals surface area contributed by atoms with Gasteiger partial charge in [0.1, 0.15) is 0 Å². The van der Waals surface area contributed by atoms with Crippen LogP contribution in [0.4, 0.5) is 5.69 Å². The molecule has 2 aromatic heterocycles. The van der Waals surface area contributed by atoms with Crippen molar-refractivity contribution in [1.82, 2.24) is 9.97 Å². The fourth-order valence-corrected chi connectivity index (χ4v) is 7.02. The molecule has 4 heteroatoms. The summed E-state index contributed by atoms with van der Waals surface area (Å²) in [5.74, 6) is 0.603. The zero-order chi connectivity index (χ0) is 30.2. The summed E-state index contributed by atoms with van der Waals surface area (Å²) in [4.78, 5) is 14.1. The maximum Gasteiger partial charge on any atom is 0.197 e. The average Bonchev–Trinajstić information content (AvgIpc) is 3.51. The molecule has 210 valence electrons. The molecule has 0 unspecified atom stereocenters. The lowest BCUT2D eigenvalue weighted by molar-refractivity contribution is 1.18. The molecule has 0 aliphatic rings. The average molecular weight is 592 g/mol. The van der Waals surface area contributed by atoms with Crippen LogP contribution in [0.3, 0.4) is 0 Å². The van der Waals surface area contributed by atoms with Gasteiger partial charge in [0.15, 0.2) is 11.5 Å². The number of aromatic nitrogens is 2. The van der Waals surface area contributed by atoms with Crippen molar-refractivity contribution in [2.24, 2.45) is 0 Å². The van der Waals surface area contributed by atoms with Crippen LogP contribution in [0.2, 0.25) is 0 Å². The van der Waals surface area contributed by atoms with E-state index in [9.17, 15) is 0 Å². The smallest absolute Gasteiger partial charge is 0.197 e. The van der Waals surface area contributed by atoms with E-state index in [-0.39, 0.29) is 0 Å². The Morgan fingerprint density at radius 2 is 0.933 bits per heavy atom. The molecule has 0 aliphatic heterocycles. The minimum absolute atomic E-state index is 0.603. The predicted molar refractivity (Wildman–Crippen MR) is 188 cm³/mol. The second-order valence-corrected chi connectivity index (χ2v) is 12.0. The van der Waals surface area contributed by atoms with Crippen LogP contribution in [0.15, 0.2) is 152 Å². The Balaban J connectivity index is 1.28. The fraction of sp³-hybridized carbons (Fsp3) is 0. The summed E-state index contributed by atoms with van der Waals surface area (Å²) in [6.07, 6.45) is 0.